The third-order valence-corrected chi connectivity index (χ3v) is 6.80. The Labute approximate surface area is 92.4 Å². The predicted octanol–water partition coefficient (Wildman–Crippen LogP) is 3.25. The second kappa shape index (κ2) is 9.39. The summed E-state index contributed by atoms with van der Waals surface area (Å²) in [6.45, 7) is 8.54. The summed E-state index contributed by atoms with van der Waals surface area (Å²) in [4.78, 5) is 2.63. The van der Waals surface area contributed by atoms with Crippen LogP contribution in [0.5, 0.6) is 0 Å². The van der Waals surface area contributed by atoms with Crippen molar-refractivity contribution in [2.45, 2.75) is 46.6 Å². The van der Waals surface area contributed by atoms with Crippen LogP contribution in [-0.4, -0.2) is 46.0 Å². The van der Waals surface area contributed by atoms with Gasteiger partial charge in [-0.15, -0.1) is 0 Å². The van der Waals surface area contributed by atoms with E-state index in [0.29, 0.717) is 0 Å². The molecule has 0 aromatic rings. The monoisotopic (exact) mass is 287 g/mol. The molecule has 0 saturated carbocycles. The minimum absolute atomic E-state index is 0.891. The standard InChI is InChI=1S/C9H20N.2CH3.In/c1-4-7-10(8-5-2)9-6-3;;;/h1,4-9H2,2-3H3;2*1H3;. The first kappa shape index (κ1) is 13.8. The summed E-state index contributed by atoms with van der Waals surface area (Å²) >= 11 is -0.891. The Balaban J connectivity index is 3.44. The molecular weight excluding hydrogens is 261 g/mol. The molecule has 0 fully saturated rings. The van der Waals surface area contributed by atoms with E-state index in [4.69, 9.17) is 0 Å². The molecule has 0 spiro atoms. The summed E-state index contributed by atoms with van der Waals surface area (Å²) < 4.78 is 6.63. The van der Waals surface area contributed by atoms with Gasteiger partial charge in [0.15, 0.2) is 0 Å². The van der Waals surface area contributed by atoms with Crippen molar-refractivity contribution in [3.63, 3.8) is 0 Å². The Morgan fingerprint density at radius 1 is 0.923 bits per heavy atom. The minimum atomic E-state index is -0.891. The average molecular weight is 287 g/mol. The van der Waals surface area contributed by atoms with Crippen LogP contribution in [0.1, 0.15) is 33.1 Å². The summed E-state index contributed by atoms with van der Waals surface area (Å²) in [6, 6.07) is 0. The van der Waals surface area contributed by atoms with Crippen LogP contribution in [0.4, 0.5) is 0 Å². The van der Waals surface area contributed by atoms with Gasteiger partial charge < -0.3 is 0 Å². The molecule has 0 bridgehead atoms. The van der Waals surface area contributed by atoms with Crippen LogP contribution in [0.15, 0.2) is 0 Å². The van der Waals surface area contributed by atoms with Gasteiger partial charge in [-0.3, -0.25) is 0 Å². The maximum atomic E-state index is 2.63. The third kappa shape index (κ3) is 9.14. The van der Waals surface area contributed by atoms with Gasteiger partial charge in [0.05, 0.1) is 0 Å². The van der Waals surface area contributed by atoms with Crippen LogP contribution < -0.4 is 0 Å². The van der Waals surface area contributed by atoms with Gasteiger partial charge in [-0.1, -0.05) is 0 Å². The first-order valence-electron chi connectivity index (χ1n) is 5.93. The van der Waals surface area contributed by atoms with Gasteiger partial charge in [0.1, 0.15) is 0 Å². The van der Waals surface area contributed by atoms with Crippen molar-refractivity contribution in [2.75, 3.05) is 19.6 Å². The van der Waals surface area contributed by atoms with E-state index in [0.717, 1.165) is 0 Å². The van der Waals surface area contributed by atoms with E-state index in [1.807, 2.05) is 0 Å². The molecule has 2 heteroatoms. The number of hydrogen-bond acceptors (Lipinski definition) is 1. The van der Waals surface area contributed by atoms with Crippen LogP contribution in [0.2, 0.25) is 13.5 Å². The molecule has 0 heterocycles. The first-order chi connectivity index (χ1) is 6.20. The summed E-state index contributed by atoms with van der Waals surface area (Å²) in [5.74, 6) is 0. The molecule has 0 atom stereocenters. The van der Waals surface area contributed by atoms with Gasteiger partial charge in [-0.25, -0.2) is 0 Å². The molecule has 0 aliphatic heterocycles. The predicted molar refractivity (Wildman–Crippen MR) is 63.9 cm³/mol. The molecule has 0 N–H and O–H groups in total. The van der Waals surface area contributed by atoms with Gasteiger partial charge in [0, 0.05) is 0 Å². The normalized spacial score (nSPS) is 10.8. The SMILES string of the molecule is CCCN(CCC)CC[CH2][In]([CH3])[CH3]. The Hall–Kier alpha value is 0.830. The molecule has 0 unspecified atom stereocenters. The molecule has 0 radical (unpaired) electrons. The van der Waals surface area contributed by atoms with Crippen molar-refractivity contribution in [1.29, 1.82) is 0 Å². The molecule has 0 aromatic heterocycles. The second-order valence-corrected chi connectivity index (χ2v) is 14.0. The molecule has 0 amide bonds. The number of nitrogens with zero attached hydrogens (tertiary/aromatic N) is 1. The summed E-state index contributed by atoms with van der Waals surface area (Å²) in [6.07, 6.45) is 4.09. The Morgan fingerprint density at radius 3 is 1.85 bits per heavy atom. The van der Waals surface area contributed by atoms with Crippen molar-refractivity contribution in [2.24, 2.45) is 0 Å². The Kier molecular flexibility index (Phi) is 9.99. The van der Waals surface area contributed by atoms with Crippen molar-refractivity contribution in [3.05, 3.63) is 0 Å². The van der Waals surface area contributed by atoms with E-state index in [1.165, 1.54) is 38.9 Å². The topological polar surface area (TPSA) is 3.24 Å². The first-order valence-corrected chi connectivity index (χ1v) is 14.8. The third-order valence-electron chi connectivity index (χ3n) is 2.34. The number of rotatable bonds is 8. The summed E-state index contributed by atoms with van der Waals surface area (Å²) in [7, 11) is 0. The molecule has 0 aromatic carbocycles. The van der Waals surface area contributed by atoms with E-state index < -0.39 is 21.4 Å². The quantitative estimate of drug-likeness (QED) is 0.662. The zero-order valence-corrected chi connectivity index (χ0v) is 13.3. The van der Waals surface area contributed by atoms with E-state index in [-0.39, 0.29) is 0 Å². The molecule has 13 heavy (non-hydrogen) atoms. The summed E-state index contributed by atoms with van der Waals surface area (Å²) in [5.41, 5.74) is 0. The summed E-state index contributed by atoms with van der Waals surface area (Å²) in [5, 5.41) is 0. The van der Waals surface area contributed by atoms with E-state index >= 15 is 0 Å². The zero-order valence-electron chi connectivity index (χ0n) is 9.97. The van der Waals surface area contributed by atoms with Crippen LogP contribution in [0.25, 0.3) is 0 Å². The van der Waals surface area contributed by atoms with Gasteiger partial charge in [0.25, 0.3) is 0 Å². The van der Waals surface area contributed by atoms with Crippen LogP contribution in [-0.2, 0) is 0 Å². The molecule has 1 nitrogen and oxygen atoms in total. The van der Waals surface area contributed by atoms with Crippen molar-refractivity contribution >= 4 is 21.4 Å². The van der Waals surface area contributed by atoms with Crippen molar-refractivity contribution in [3.8, 4) is 0 Å². The van der Waals surface area contributed by atoms with Crippen LogP contribution >= 0.6 is 0 Å². The molecular formula is C11H26InN. The van der Waals surface area contributed by atoms with Gasteiger partial charge >= 0.3 is 92.6 Å². The fourth-order valence-electron chi connectivity index (χ4n) is 1.69. The molecule has 78 valence electrons. The molecule has 0 aliphatic rings. The number of hydrogen-bond donors (Lipinski definition) is 0. The molecule has 0 aliphatic carbocycles. The van der Waals surface area contributed by atoms with E-state index in [1.54, 1.807) is 4.18 Å². The van der Waals surface area contributed by atoms with Crippen molar-refractivity contribution in [1.82, 2.24) is 4.90 Å². The van der Waals surface area contributed by atoms with Crippen LogP contribution in [0, 0.1) is 0 Å². The van der Waals surface area contributed by atoms with Crippen molar-refractivity contribution < 1.29 is 0 Å². The van der Waals surface area contributed by atoms with Gasteiger partial charge in [-0.2, -0.15) is 0 Å². The molecule has 0 saturated heterocycles. The average Bonchev–Trinajstić information content (AvgIpc) is 2.04. The Bertz CT molecular complexity index is 98.3. The maximum absolute atomic E-state index is 2.63. The van der Waals surface area contributed by atoms with Gasteiger partial charge in [0.2, 0.25) is 0 Å². The van der Waals surface area contributed by atoms with E-state index in [9.17, 15) is 0 Å². The fourth-order valence-corrected chi connectivity index (χ4v) is 4.54. The Morgan fingerprint density at radius 2 is 1.46 bits per heavy atom. The zero-order chi connectivity index (χ0) is 10.1. The van der Waals surface area contributed by atoms with E-state index in [2.05, 4.69) is 28.1 Å². The van der Waals surface area contributed by atoms with Crippen LogP contribution in [0.3, 0.4) is 0 Å². The van der Waals surface area contributed by atoms with Gasteiger partial charge in [-0.05, 0) is 0 Å². The fraction of sp³-hybridized carbons (Fsp3) is 1.00. The molecule has 0 rings (SSSR count). The second-order valence-electron chi connectivity index (χ2n) is 4.38.